The van der Waals surface area contributed by atoms with Crippen molar-refractivity contribution in [3.63, 3.8) is 0 Å². The zero-order valence-electron chi connectivity index (χ0n) is 17.4. The summed E-state index contributed by atoms with van der Waals surface area (Å²) < 4.78 is 32.2. The van der Waals surface area contributed by atoms with Crippen molar-refractivity contribution in [2.45, 2.75) is 55.9 Å². The van der Waals surface area contributed by atoms with Crippen molar-refractivity contribution in [1.29, 1.82) is 0 Å². The summed E-state index contributed by atoms with van der Waals surface area (Å²) >= 11 is 0. The lowest BCUT2D eigenvalue weighted by molar-refractivity contribution is -0.123. The molecule has 0 radical (unpaired) electrons. The van der Waals surface area contributed by atoms with Crippen LogP contribution < -0.4 is 14.4 Å². The highest BCUT2D eigenvalue weighted by molar-refractivity contribution is 7.92. The molecule has 3 rings (SSSR count). The van der Waals surface area contributed by atoms with Gasteiger partial charge in [0.15, 0.2) is 6.61 Å². The van der Waals surface area contributed by atoms with E-state index < -0.39 is 10.0 Å². The third-order valence-corrected chi connectivity index (χ3v) is 7.24. The standard InChI is InChI=1S/C23H30N2O4S/c1-25(30(27,28)22-12-8-5-9-13-22)20-14-16-21(17-15-20)29-18-23(26)24-19-10-6-3-2-4-7-11-19/h5,8-9,12-17,19H,2-4,6-7,10-11,18H2,1H3,(H,24,26). The Bertz CT molecular complexity index is 906. The van der Waals surface area contributed by atoms with E-state index in [4.69, 9.17) is 4.74 Å². The molecule has 30 heavy (non-hydrogen) atoms. The molecule has 1 saturated carbocycles. The van der Waals surface area contributed by atoms with E-state index in [1.807, 2.05) is 0 Å². The van der Waals surface area contributed by atoms with Gasteiger partial charge in [0.2, 0.25) is 0 Å². The lowest BCUT2D eigenvalue weighted by Gasteiger charge is -2.21. The van der Waals surface area contributed by atoms with E-state index in [1.54, 1.807) is 54.6 Å². The summed E-state index contributed by atoms with van der Waals surface area (Å²) in [6, 6.07) is 15.2. The maximum atomic E-state index is 12.7. The van der Waals surface area contributed by atoms with Crippen LogP contribution in [0.25, 0.3) is 0 Å². The second-order valence-electron chi connectivity index (χ2n) is 7.68. The van der Waals surface area contributed by atoms with Gasteiger partial charge in [-0.25, -0.2) is 8.42 Å². The van der Waals surface area contributed by atoms with E-state index in [0.29, 0.717) is 11.4 Å². The normalized spacial score (nSPS) is 15.6. The van der Waals surface area contributed by atoms with Crippen LogP contribution in [-0.4, -0.2) is 34.0 Å². The molecule has 162 valence electrons. The van der Waals surface area contributed by atoms with Crippen LogP contribution in [-0.2, 0) is 14.8 Å². The van der Waals surface area contributed by atoms with Gasteiger partial charge >= 0.3 is 0 Å². The van der Waals surface area contributed by atoms with Crippen molar-refractivity contribution < 1.29 is 17.9 Å². The van der Waals surface area contributed by atoms with E-state index in [0.717, 1.165) is 25.7 Å². The minimum Gasteiger partial charge on any atom is -0.484 e. The van der Waals surface area contributed by atoms with Gasteiger partial charge in [0, 0.05) is 13.1 Å². The van der Waals surface area contributed by atoms with Crippen LogP contribution in [0.1, 0.15) is 44.9 Å². The third kappa shape index (κ3) is 5.98. The van der Waals surface area contributed by atoms with Gasteiger partial charge in [-0.05, 0) is 49.2 Å². The zero-order chi connectivity index (χ0) is 21.4. The average Bonchev–Trinajstić information content (AvgIpc) is 2.74. The van der Waals surface area contributed by atoms with Gasteiger partial charge in [0.1, 0.15) is 5.75 Å². The second kappa shape index (κ2) is 10.5. The number of carbonyl (C=O) groups is 1. The maximum absolute atomic E-state index is 12.7. The molecule has 7 heteroatoms. The number of nitrogens with one attached hydrogen (secondary N) is 1. The van der Waals surface area contributed by atoms with Crippen molar-refractivity contribution >= 4 is 21.6 Å². The number of nitrogens with zero attached hydrogens (tertiary/aromatic N) is 1. The van der Waals surface area contributed by atoms with Crippen LogP contribution >= 0.6 is 0 Å². The van der Waals surface area contributed by atoms with Crippen molar-refractivity contribution in [3.8, 4) is 5.75 Å². The summed E-state index contributed by atoms with van der Waals surface area (Å²) in [6.45, 7) is -0.0476. The molecule has 1 fully saturated rings. The molecule has 0 atom stereocenters. The van der Waals surface area contributed by atoms with Gasteiger partial charge in [-0.1, -0.05) is 50.3 Å². The summed E-state index contributed by atoms with van der Waals surface area (Å²) in [5.41, 5.74) is 0.519. The number of amides is 1. The SMILES string of the molecule is CN(c1ccc(OCC(=O)NC2CCCCCCC2)cc1)S(=O)(=O)c1ccccc1. The van der Waals surface area contributed by atoms with Gasteiger partial charge in [0.25, 0.3) is 15.9 Å². The van der Waals surface area contributed by atoms with E-state index in [-0.39, 0.29) is 23.5 Å². The minimum atomic E-state index is -3.62. The molecular formula is C23H30N2O4S. The molecule has 1 amide bonds. The van der Waals surface area contributed by atoms with Crippen LogP contribution in [0.3, 0.4) is 0 Å². The summed E-state index contributed by atoms with van der Waals surface area (Å²) in [6.07, 6.45) is 8.15. The number of hydrogen-bond donors (Lipinski definition) is 1. The Kier molecular flexibility index (Phi) is 7.74. The molecule has 0 unspecified atom stereocenters. The number of hydrogen-bond acceptors (Lipinski definition) is 4. The predicted molar refractivity (Wildman–Crippen MR) is 118 cm³/mol. The predicted octanol–water partition coefficient (Wildman–Crippen LogP) is 4.12. The van der Waals surface area contributed by atoms with Crippen molar-refractivity contribution in [2.24, 2.45) is 0 Å². The largest absolute Gasteiger partial charge is 0.484 e. The zero-order valence-corrected chi connectivity index (χ0v) is 18.2. The van der Waals surface area contributed by atoms with E-state index >= 15 is 0 Å². The third-order valence-electron chi connectivity index (χ3n) is 5.44. The molecule has 6 nitrogen and oxygen atoms in total. The molecule has 2 aromatic rings. The Labute approximate surface area is 179 Å². The molecule has 1 aliphatic rings. The summed E-state index contributed by atoms with van der Waals surface area (Å²) in [5.74, 6) is 0.408. The molecular weight excluding hydrogens is 400 g/mol. The Balaban J connectivity index is 1.53. The number of ether oxygens (including phenoxy) is 1. The number of carbonyl (C=O) groups excluding carboxylic acids is 1. The van der Waals surface area contributed by atoms with E-state index in [9.17, 15) is 13.2 Å². The molecule has 0 aromatic heterocycles. The highest BCUT2D eigenvalue weighted by Gasteiger charge is 2.21. The topological polar surface area (TPSA) is 75.7 Å². The molecule has 0 spiro atoms. The lowest BCUT2D eigenvalue weighted by Crippen LogP contribution is -2.38. The van der Waals surface area contributed by atoms with E-state index in [2.05, 4.69) is 5.32 Å². The molecule has 2 aromatic carbocycles. The van der Waals surface area contributed by atoms with Gasteiger partial charge in [-0.2, -0.15) is 0 Å². The first-order chi connectivity index (χ1) is 14.5. The van der Waals surface area contributed by atoms with Crippen LogP contribution in [0, 0.1) is 0 Å². The monoisotopic (exact) mass is 430 g/mol. The molecule has 1 aliphatic carbocycles. The summed E-state index contributed by atoms with van der Waals surface area (Å²) in [5, 5.41) is 3.07. The summed E-state index contributed by atoms with van der Waals surface area (Å²) in [4.78, 5) is 12.5. The fourth-order valence-corrected chi connectivity index (χ4v) is 4.88. The highest BCUT2D eigenvalue weighted by Crippen LogP contribution is 2.24. The molecule has 0 saturated heterocycles. The molecule has 0 bridgehead atoms. The quantitative estimate of drug-likeness (QED) is 0.717. The van der Waals surface area contributed by atoms with E-state index in [1.165, 1.54) is 30.6 Å². The molecule has 1 N–H and O–H groups in total. The number of benzene rings is 2. The highest BCUT2D eigenvalue weighted by atomic mass is 32.2. The average molecular weight is 431 g/mol. The van der Waals surface area contributed by atoms with Crippen molar-refractivity contribution in [2.75, 3.05) is 18.0 Å². The van der Waals surface area contributed by atoms with Gasteiger partial charge in [-0.3, -0.25) is 9.10 Å². The number of sulfonamides is 1. The second-order valence-corrected chi connectivity index (χ2v) is 9.65. The Morgan fingerprint density at radius 2 is 1.57 bits per heavy atom. The van der Waals surface area contributed by atoms with Crippen molar-refractivity contribution in [3.05, 3.63) is 54.6 Å². The molecule has 0 heterocycles. The van der Waals surface area contributed by atoms with Crippen LogP contribution in [0.5, 0.6) is 5.75 Å². The Morgan fingerprint density at radius 1 is 0.967 bits per heavy atom. The van der Waals surface area contributed by atoms with Gasteiger partial charge in [-0.15, -0.1) is 0 Å². The maximum Gasteiger partial charge on any atom is 0.264 e. The lowest BCUT2D eigenvalue weighted by atomic mass is 9.97. The van der Waals surface area contributed by atoms with Gasteiger partial charge in [0.05, 0.1) is 10.6 Å². The van der Waals surface area contributed by atoms with Crippen LogP contribution in [0.4, 0.5) is 5.69 Å². The minimum absolute atomic E-state index is 0.0476. The first-order valence-corrected chi connectivity index (χ1v) is 12.0. The number of anilines is 1. The summed E-state index contributed by atoms with van der Waals surface area (Å²) in [7, 11) is -2.11. The van der Waals surface area contributed by atoms with Crippen molar-refractivity contribution in [1.82, 2.24) is 5.32 Å². The Morgan fingerprint density at radius 3 is 2.20 bits per heavy atom. The van der Waals surface area contributed by atoms with Crippen LogP contribution in [0.15, 0.2) is 59.5 Å². The Hall–Kier alpha value is -2.54. The molecule has 0 aliphatic heterocycles. The smallest absolute Gasteiger partial charge is 0.264 e. The van der Waals surface area contributed by atoms with Crippen LogP contribution in [0.2, 0.25) is 0 Å². The first kappa shape index (κ1) is 22.2. The first-order valence-electron chi connectivity index (χ1n) is 10.5. The number of rotatable bonds is 7. The van der Waals surface area contributed by atoms with Gasteiger partial charge < -0.3 is 10.1 Å². The fourth-order valence-electron chi connectivity index (χ4n) is 3.66. The fraction of sp³-hybridized carbons (Fsp3) is 0.435.